The van der Waals surface area contributed by atoms with Crippen LogP contribution in [0.4, 0.5) is 0 Å². The average molecular weight is 376 g/mol. The third-order valence-electron chi connectivity index (χ3n) is 4.78. The molecule has 1 aliphatic heterocycles. The molecule has 0 aromatic carbocycles. The molecule has 26 heavy (non-hydrogen) atoms. The molecule has 1 fully saturated rings. The van der Waals surface area contributed by atoms with Crippen LogP contribution < -0.4 is 0 Å². The van der Waals surface area contributed by atoms with Gasteiger partial charge in [0, 0.05) is 51.4 Å². The zero-order valence-corrected chi connectivity index (χ0v) is 17.1. The van der Waals surface area contributed by atoms with Gasteiger partial charge in [0.25, 0.3) is 5.91 Å². The van der Waals surface area contributed by atoms with Crippen LogP contribution in [-0.4, -0.2) is 56.7 Å². The molecule has 0 aliphatic carbocycles. The SMILES string of the molecule is CCn1ccc(CN2CCCN(C(=O)c3sc(C(C)C)nc3C)CC2)n1. The summed E-state index contributed by atoms with van der Waals surface area (Å²) in [5, 5.41) is 5.62. The van der Waals surface area contributed by atoms with Crippen molar-refractivity contribution in [2.45, 2.75) is 53.1 Å². The van der Waals surface area contributed by atoms with Gasteiger partial charge in [0.1, 0.15) is 4.88 Å². The van der Waals surface area contributed by atoms with E-state index in [1.807, 2.05) is 22.7 Å². The highest BCUT2D eigenvalue weighted by Gasteiger charge is 2.24. The summed E-state index contributed by atoms with van der Waals surface area (Å²) in [4.78, 5) is 22.8. The second kappa shape index (κ2) is 8.31. The molecule has 1 amide bonds. The van der Waals surface area contributed by atoms with Gasteiger partial charge in [-0.25, -0.2) is 4.98 Å². The molecule has 0 bridgehead atoms. The number of carbonyl (C=O) groups excluding carboxylic acids is 1. The van der Waals surface area contributed by atoms with Gasteiger partial charge in [-0.05, 0) is 26.3 Å². The summed E-state index contributed by atoms with van der Waals surface area (Å²) in [5.74, 6) is 0.506. The summed E-state index contributed by atoms with van der Waals surface area (Å²) in [7, 11) is 0. The Hall–Kier alpha value is -1.73. The summed E-state index contributed by atoms with van der Waals surface area (Å²) in [6, 6.07) is 2.09. The van der Waals surface area contributed by atoms with E-state index in [4.69, 9.17) is 0 Å². The first-order valence-electron chi connectivity index (χ1n) is 9.49. The molecular weight excluding hydrogens is 346 g/mol. The van der Waals surface area contributed by atoms with Crippen molar-refractivity contribution in [1.29, 1.82) is 0 Å². The Bertz CT molecular complexity index is 751. The standard InChI is InChI=1S/C19H29N5OS/c1-5-24-10-7-16(21-24)13-22-8-6-9-23(12-11-22)19(25)17-15(4)20-18(26-17)14(2)3/h7,10,14H,5-6,8-9,11-13H2,1-4H3. The Balaban J connectivity index is 1.61. The lowest BCUT2D eigenvalue weighted by molar-refractivity contribution is 0.0765. The Labute approximate surface area is 159 Å². The van der Waals surface area contributed by atoms with E-state index < -0.39 is 0 Å². The van der Waals surface area contributed by atoms with E-state index in [2.05, 4.69) is 41.8 Å². The molecule has 1 saturated heterocycles. The molecule has 6 nitrogen and oxygen atoms in total. The third kappa shape index (κ3) is 4.32. The monoisotopic (exact) mass is 375 g/mol. The topological polar surface area (TPSA) is 54.3 Å². The Morgan fingerprint density at radius 1 is 1.27 bits per heavy atom. The van der Waals surface area contributed by atoms with Crippen LogP contribution in [0.2, 0.25) is 0 Å². The number of nitrogens with zero attached hydrogens (tertiary/aromatic N) is 5. The number of aryl methyl sites for hydroxylation is 2. The lowest BCUT2D eigenvalue weighted by Gasteiger charge is -2.21. The van der Waals surface area contributed by atoms with Gasteiger partial charge in [-0.3, -0.25) is 14.4 Å². The maximum absolute atomic E-state index is 13.0. The van der Waals surface area contributed by atoms with E-state index >= 15 is 0 Å². The molecule has 2 aromatic heterocycles. The van der Waals surface area contributed by atoms with Crippen molar-refractivity contribution < 1.29 is 4.79 Å². The van der Waals surface area contributed by atoms with E-state index in [9.17, 15) is 4.79 Å². The second-order valence-corrected chi connectivity index (χ2v) is 8.24. The van der Waals surface area contributed by atoms with E-state index in [1.54, 1.807) is 11.3 Å². The molecule has 0 radical (unpaired) electrons. The number of hydrogen-bond acceptors (Lipinski definition) is 5. The molecule has 142 valence electrons. The molecule has 2 aromatic rings. The smallest absolute Gasteiger partial charge is 0.265 e. The fourth-order valence-corrected chi connectivity index (χ4v) is 4.27. The minimum atomic E-state index is 0.143. The normalized spacial score (nSPS) is 16.3. The van der Waals surface area contributed by atoms with Crippen LogP contribution in [0.3, 0.4) is 0 Å². The van der Waals surface area contributed by atoms with Crippen molar-refractivity contribution in [3.8, 4) is 0 Å². The highest BCUT2D eigenvalue weighted by molar-refractivity contribution is 7.13. The Kier molecular flexibility index (Phi) is 6.09. The van der Waals surface area contributed by atoms with Crippen molar-refractivity contribution >= 4 is 17.2 Å². The number of hydrogen-bond donors (Lipinski definition) is 0. The van der Waals surface area contributed by atoms with Gasteiger partial charge in [-0.15, -0.1) is 11.3 Å². The largest absolute Gasteiger partial charge is 0.337 e. The van der Waals surface area contributed by atoms with Crippen LogP contribution in [0.25, 0.3) is 0 Å². The van der Waals surface area contributed by atoms with Gasteiger partial charge in [0.15, 0.2) is 0 Å². The molecule has 0 saturated carbocycles. The quantitative estimate of drug-likeness (QED) is 0.806. The summed E-state index contributed by atoms with van der Waals surface area (Å²) in [6.07, 6.45) is 3.02. The van der Waals surface area contributed by atoms with E-state index in [1.165, 1.54) is 0 Å². The highest BCUT2D eigenvalue weighted by atomic mass is 32.1. The number of aromatic nitrogens is 3. The Morgan fingerprint density at radius 2 is 2.08 bits per heavy atom. The van der Waals surface area contributed by atoms with Gasteiger partial charge in [-0.1, -0.05) is 13.8 Å². The predicted octanol–water partition coefficient (Wildman–Crippen LogP) is 3.14. The third-order valence-corrected chi connectivity index (χ3v) is 6.23. The van der Waals surface area contributed by atoms with Gasteiger partial charge < -0.3 is 4.90 Å². The first-order chi connectivity index (χ1) is 12.5. The number of rotatable bonds is 5. The molecule has 1 aliphatic rings. The molecule has 0 atom stereocenters. The highest BCUT2D eigenvalue weighted by Crippen LogP contribution is 2.26. The van der Waals surface area contributed by atoms with Crippen LogP contribution in [-0.2, 0) is 13.1 Å². The van der Waals surface area contributed by atoms with Gasteiger partial charge in [0.05, 0.1) is 16.4 Å². The lowest BCUT2D eigenvalue weighted by Crippen LogP contribution is -2.35. The molecular formula is C19H29N5OS. The number of carbonyl (C=O) groups is 1. The van der Waals surface area contributed by atoms with Crippen LogP contribution >= 0.6 is 11.3 Å². The van der Waals surface area contributed by atoms with Crippen molar-refractivity contribution in [2.75, 3.05) is 26.2 Å². The second-order valence-electron chi connectivity index (χ2n) is 7.21. The molecule has 0 unspecified atom stereocenters. The molecule has 7 heteroatoms. The van der Waals surface area contributed by atoms with E-state index in [0.29, 0.717) is 5.92 Å². The maximum atomic E-state index is 13.0. The van der Waals surface area contributed by atoms with E-state index in [-0.39, 0.29) is 5.91 Å². The maximum Gasteiger partial charge on any atom is 0.265 e. The minimum Gasteiger partial charge on any atom is -0.337 e. The molecule has 0 N–H and O–H groups in total. The zero-order chi connectivity index (χ0) is 18.7. The first kappa shape index (κ1) is 19.0. The number of amides is 1. The summed E-state index contributed by atoms with van der Waals surface area (Å²) >= 11 is 1.56. The van der Waals surface area contributed by atoms with Crippen molar-refractivity contribution in [2.24, 2.45) is 0 Å². The van der Waals surface area contributed by atoms with Gasteiger partial charge in [-0.2, -0.15) is 5.10 Å². The van der Waals surface area contributed by atoms with Crippen LogP contribution in [0.5, 0.6) is 0 Å². The number of thiazole rings is 1. The van der Waals surface area contributed by atoms with Gasteiger partial charge in [0.2, 0.25) is 0 Å². The van der Waals surface area contributed by atoms with Gasteiger partial charge >= 0.3 is 0 Å². The summed E-state index contributed by atoms with van der Waals surface area (Å²) in [5.41, 5.74) is 1.97. The lowest BCUT2D eigenvalue weighted by atomic mass is 10.2. The Morgan fingerprint density at radius 3 is 2.73 bits per heavy atom. The van der Waals surface area contributed by atoms with Crippen molar-refractivity contribution in [1.82, 2.24) is 24.6 Å². The molecule has 0 spiro atoms. The zero-order valence-electron chi connectivity index (χ0n) is 16.2. The fourth-order valence-electron chi connectivity index (χ4n) is 3.23. The fraction of sp³-hybridized carbons (Fsp3) is 0.632. The first-order valence-corrected chi connectivity index (χ1v) is 10.3. The van der Waals surface area contributed by atoms with Crippen molar-refractivity contribution in [3.05, 3.63) is 33.5 Å². The predicted molar refractivity (Wildman–Crippen MR) is 105 cm³/mol. The van der Waals surface area contributed by atoms with Crippen LogP contribution in [0.1, 0.15) is 59.2 Å². The summed E-state index contributed by atoms with van der Waals surface area (Å²) in [6.45, 7) is 13.5. The summed E-state index contributed by atoms with van der Waals surface area (Å²) < 4.78 is 1.96. The van der Waals surface area contributed by atoms with E-state index in [0.717, 1.165) is 67.0 Å². The van der Waals surface area contributed by atoms with Crippen LogP contribution in [0.15, 0.2) is 12.3 Å². The minimum absolute atomic E-state index is 0.143. The average Bonchev–Trinajstić information content (AvgIpc) is 3.15. The molecule has 3 rings (SSSR count). The molecule has 3 heterocycles. The van der Waals surface area contributed by atoms with Crippen LogP contribution in [0, 0.1) is 6.92 Å². The van der Waals surface area contributed by atoms with Crippen molar-refractivity contribution in [3.63, 3.8) is 0 Å².